The SMILES string of the molecule is Cc1cccc(NC(=O)COc2ccc(Br)cc2/C=C2\C(=O)NC(=O)N(c3ccc(OCc4ccccc4)cc3)C2=O)c1. The average molecular weight is 640 g/mol. The summed E-state index contributed by atoms with van der Waals surface area (Å²) in [6.45, 7) is 1.96. The lowest BCUT2D eigenvalue weighted by atomic mass is 10.1. The summed E-state index contributed by atoms with van der Waals surface area (Å²) >= 11 is 3.39. The molecule has 1 heterocycles. The van der Waals surface area contributed by atoms with Crippen LogP contribution in [-0.2, 0) is 21.0 Å². The Bertz CT molecular complexity index is 1720. The van der Waals surface area contributed by atoms with E-state index in [1.54, 1.807) is 48.5 Å². The summed E-state index contributed by atoms with van der Waals surface area (Å²) in [6, 6.07) is 27.5. The van der Waals surface area contributed by atoms with Crippen molar-refractivity contribution in [3.63, 3.8) is 0 Å². The number of rotatable bonds is 9. The first-order chi connectivity index (χ1) is 20.8. The first kappa shape index (κ1) is 29.3. The smallest absolute Gasteiger partial charge is 0.335 e. The zero-order valence-corrected chi connectivity index (χ0v) is 24.6. The Morgan fingerprint density at radius 3 is 2.42 bits per heavy atom. The van der Waals surface area contributed by atoms with E-state index in [2.05, 4.69) is 26.6 Å². The van der Waals surface area contributed by atoms with Crippen LogP contribution in [0.5, 0.6) is 11.5 Å². The number of carbonyl (C=O) groups is 4. The zero-order chi connectivity index (χ0) is 30.3. The number of urea groups is 1. The molecule has 0 unspecified atom stereocenters. The first-order valence-corrected chi connectivity index (χ1v) is 14.0. The highest BCUT2D eigenvalue weighted by Gasteiger charge is 2.37. The number of ether oxygens (including phenoxy) is 2. The van der Waals surface area contributed by atoms with Crippen molar-refractivity contribution in [1.82, 2.24) is 5.32 Å². The second-order valence-corrected chi connectivity index (χ2v) is 10.5. The normalized spacial score (nSPS) is 14.0. The molecule has 1 aliphatic rings. The molecule has 43 heavy (non-hydrogen) atoms. The second-order valence-electron chi connectivity index (χ2n) is 9.61. The molecule has 9 nitrogen and oxygen atoms in total. The van der Waals surface area contributed by atoms with E-state index < -0.39 is 17.8 Å². The molecule has 4 aromatic carbocycles. The summed E-state index contributed by atoms with van der Waals surface area (Å²) in [4.78, 5) is 52.4. The van der Waals surface area contributed by atoms with Gasteiger partial charge in [0.05, 0.1) is 5.69 Å². The number of barbiturate groups is 1. The van der Waals surface area contributed by atoms with Crippen molar-refractivity contribution in [2.45, 2.75) is 13.5 Å². The highest BCUT2D eigenvalue weighted by Crippen LogP contribution is 2.29. The molecule has 216 valence electrons. The Hall–Kier alpha value is -5.22. The van der Waals surface area contributed by atoms with Gasteiger partial charge in [-0.3, -0.25) is 19.7 Å². The number of anilines is 2. The number of imide groups is 2. The van der Waals surface area contributed by atoms with Crippen LogP contribution >= 0.6 is 15.9 Å². The fraction of sp³-hybridized carbons (Fsp3) is 0.0909. The molecule has 1 aliphatic heterocycles. The number of halogens is 1. The predicted octanol–water partition coefficient (Wildman–Crippen LogP) is 6.02. The van der Waals surface area contributed by atoms with Gasteiger partial charge in [0, 0.05) is 15.7 Å². The van der Waals surface area contributed by atoms with Crippen LogP contribution in [0.1, 0.15) is 16.7 Å². The summed E-state index contributed by atoms with van der Waals surface area (Å²) in [5, 5.41) is 4.99. The molecule has 0 radical (unpaired) electrons. The fourth-order valence-corrected chi connectivity index (χ4v) is 4.69. The number of aryl methyl sites for hydroxylation is 1. The van der Waals surface area contributed by atoms with E-state index in [0.717, 1.165) is 16.0 Å². The van der Waals surface area contributed by atoms with Crippen molar-refractivity contribution in [2.24, 2.45) is 0 Å². The molecule has 10 heteroatoms. The third kappa shape index (κ3) is 7.35. The van der Waals surface area contributed by atoms with E-state index in [0.29, 0.717) is 28.1 Å². The van der Waals surface area contributed by atoms with E-state index in [-0.39, 0.29) is 29.5 Å². The zero-order valence-electron chi connectivity index (χ0n) is 23.0. The molecule has 5 amide bonds. The van der Waals surface area contributed by atoms with Gasteiger partial charge in [-0.05, 0) is 78.7 Å². The van der Waals surface area contributed by atoms with Gasteiger partial charge in [-0.2, -0.15) is 0 Å². The van der Waals surface area contributed by atoms with Crippen LogP contribution in [0.4, 0.5) is 16.2 Å². The average Bonchev–Trinajstić information content (AvgIpc) is 2.99. The van der Waals surface area contributed by atoms with Gasteiger partial charge in [-0.1, -0.05) is 58.4 Å². The Kier molecular flexibility index (Phi) is 8.97. The van der Waals surface area contributed by atoms with Crippen LogP contribution in [0.15, 0.2) is 107 Å². The molecule has 0 atom stereocenters. The van der Waals surface area contributed by atoms with Gasteiger partial charge in [0.25, 0.3) is 17.7 Å². The molecule has 0 saturated carbocycles. The van der Waals surface area contributed by atoms with E-state index in [9.17, 15) is 19.2 Å². The van der Waals surface area contributed by atoms with Crippen LogP contribution in [0.25, 0.3) is 6.08 Å². The number of carbonyl (C=O) groups excluding carboxylic acids is 4. The maximum atomic E-state index is 13.5. The third-order valence-electron chi connectivity index (χ3n) is 6.38. The standard InChI is InChI=1S/C33H26BrN3O6/c1-21-6-5-9-25(16-21)35-30(38)20-43-29-15-10-24(34)17-23(29)18-28-31(39)36-33(41)37(32(28)40)26-11-13-27(14-12-26)42-19-22-7-3-2-4-8-22/h2-18H,19-20H2,1H3,(H,35,38)(H,36,39,41)/b28-18+. The summed E-state index contributed by atoms with van der Waals surface area (Å²) in [7, 11) is 0. The van der Waals surface area contributed by atoms with E-state index >= 15 is 0 Å². The molecule has 0 spiro atoms. The van der Waals surface area contributed by atoms with Crippen molar-refractivity contribution in [3.05, 3.63) is 124 Å². The summed E-state index contributed by atoms with van der Waals surface area (Å²) in [5.74, 6) is -1.23. The number of amides is 5. The number of hydrogen-bond donors (Lipinski definition) is 2. The van der Waals surface area contributed by atoms with Gasteiger partial charge in [-0.15, -0.1) is 0 Å². The third-order valence-corrected chi connectivity index (χ3v) is 6.87. The lowest BCUT2D eigenvalue weighted by molar-refractivity contribution is -0.122. The monoisotopic (exact) mass is 639 g/mol. The van der Waals surface area contributed by atoms with Crippen LogP contribution in [0.3, 0.4) is 0 Å². The van der Waals surface area contributed by atoms with Gasteiger partial charge in [0.15, 0.2) is 6.61 Å². The maximum absolute atomic E-state index is 13.5. The van der Waals surface area contributed by atoms with Gasteiger partial charge >= 0.3 is 6.03 Å². The van der Waals surface area contributed by atoms with Crippen molar-refractivity contribution < 1.29 is 28.7 Å². The molecular formula is C33H26BrN3O6. The lowest BCUT2D eigenvalue weighted by Gasteiger charge is -2.26. The summed E-state index contributed by atoms with van der Waals surface area (Å²) < 4.78 is 12.2. The fourth-order valence-electron chi connectivity index (χ4n) is 4.31. The number of nitrogens with zero attached hydrogens (tertiary/aromatic N) is 1. The van der Waals surface area contributed by atoms with E-state index in [4.69, 9.17) is 9.47 Å². The van der Waals surface area contributed by atoms with Crippen LogP contribution in [0.2, 0.25) is 0 Å². The largest absolute Gasteiger partial charge is 0.489 e. The number of benzene rings is 4. The lowest BCUT2D eigenvalue weighted by Crippen LogP contribution is -2.54. The van der Waals surface area contributed by atoms with Crippen LogP contribution < -0.4 is 25.0 Å². The molecule has 2 N–H and O–H groups in total. The predicted molar refractivity (Wildman–Crippen MR) is 166 cm³/mol. The molecule has 0 aliphatic carbocycles. The van der Waals surface area contributed by atoms with E-state index in [1.165, 1.54) is 6.08 Å². The van der Waals surface area contributed by atoms with E-state index in [1.807, 2.05) is 55.5 Å². The minimum atomic E-state index is -0.872. The highest BCUT2D eigenvalue weighted by atomic mass is 79.9. The van der Waals surface area contributed by atoms with Gasteiger partial charge in [-0.25, -0.2) is 9.69 Å². The second kappa shape index (κ2) is 13.2. The Labute approximate surface area is 256 Å². The van der Waals surface area contributed by atoms with Crippen LogP contribution in [-0.4, -0.2) is 30.4 Å². The van der Waals surface area contributed by atoms with Crippen molar-refractivity contribution >= 4 is 57.1 Å². The molecular weight excluding hydrogens is 614 g/mol. The minimum Gasteiger partial charge on any atom is -0.489 e. The quantitative estimate of drug-likeness (QED) is 0.171. The van der Waals surface area contributed by atoms with Gasteiger partial charge in [0.2, 0.25) is 0 Å². The highest BCUT2D eigenvalue weighted by molar-refractivity contribution is 9.10. The van der Waals surface area contributed by atoms with Crippen LogP contribution in [0, 0.1) is 6.92 Å². The van der Waals surface area contributed by atoms with Crippen molar-refractivity contribution in [2.75, 3.05) is 16.8 Å². The number of hydrogen-bond acceptors (Lipinski definition) is 6. The molecule has 0 bridgehead atoms. The summed E-state index contributed by atoms with van der Waals surface area (Å²) in [6.07, 6.45) is 1.33. The molecule has 1 fully saturated rings. The van der Waals surface area contributed by atoms with Gasteiger partial charge in [0.1, 0.15) is 23.7 Å². The first-order valence-electron chi connectivity index (χ1n) is 13.2. The van der Waals surface area contributed by atoms with Crippen molar-refractivity contribution in [3.8, 4) is 11.5 Å². The Balaban J connectivity index is 1.32. The minimum absolute atomic E-state index is 0.256. The Morgan fingerprint density at radius 1 is 0.907 bits per heavy atom. The summed E-state index contributed by atoms with van der Waals surface area (Å²) in [5.41, 5.74) is 2.96. The maximum Gasteiger partial charge on any atom is 0.335 e. The molecule has 5 rings (SSSR count). The van der Waals surface area contributed by atoms with Crippen molar-refractivity contribution in [1.29, 1.82) is 0 Å². The van der Waals surface area contributed by atoms with Gasteiger partial charge < -0.3 is 14.8 Å². The topological polar surface area (TPSA) is 114 Å². The number of nitrogens with one attached hydrogen (secondary N) is 2. The molecule has 1 saturated heterocycles. The molecule has 4 aromatic rings. The molecule has 0 aromatic heterocycles. The Morgan fingerprint density at radius 2 is 1.67 bits per heavy atom.